The molecule has 0 bridgehead atoms. The number of nitrogens with zero attached hydrogens (tertiary/aromatic N) is 2. The molecule has 0 N–H and O–H groups in total. The van der Waals surface area contributed by atoms with Crippen LogP contribution in [-0.2, 0) is 27.7 Å². The molecular weight excluding hydrogens is 312 g/mol. The van der Waals surface area contributed by atoms with E-state index < -0.39 is 11.5 Å². The topological polar surface area (TPSA) is 73.9 Å². The molecule has 128 valence electrons. The minimum absolute atomic E-state index is 0.0793. The lowest BCUT2D eigenvalue weighted by Crippen LogP contribution is -2.47. The standard InChI is InChI=1S/C17H20N2O5/c1-18-13-10-12(2-3-14(13)24-16(18)21)11-15(20)19-6-4-17(5-7-19)22-8-9-23-17/h2-3,10H,4-9,11H2,1H3. The van der Waals surface area contributed by atoms with E-state index in [-0.39, 0.29) is 5.91 Å². The Kier molecular flexibility index (Phi) is 3.69. The predicted octanol–water partition coefficient (Wildman–Crippen LogP) is 1.04. The second-order valence-electron chi connectivity index (χ2n) is 6.39. The molecule has 1 spiro atoms. The van der Waals surface area contributed by atoms with Crippen LogP contribution in [0.2, 0.25) is 0 Å². The fourth-order valence-electron chi connectivity index (χ4n) is 3.45. The maximum atomic E-state index is 12.5. The van der Waals surface area contributed by atoms with Crippen LogP contribution in [0.3, 0.4) is 0 Å². The fraction of sp³-hybridized carbons (Fsp3) is 0.529. The van der Waals surface area contributed by atoms with Crippen molar-refractivity contribution in [1.29, 1.82) is 0 Å². The Morgan fingerprint density at radius 1 is 1.21 bits per heavy atom. The molecule has 24 heavy (non-hydrogen) atoms. The molecule has 0 aliphatic carbocycles. The summed E-state index contributed by atoms with van der Waals surface area (Å²) in [4.78, 5) is 25.9. The Hall–Kier alpha value is -2.12. The van der Waals surface area contributed by atoms with Gasteiger partial charge in [0.25, 0.3) is 0 Å². The first-order chi connectivity index (χ1) is 11.6. The number of amides is 1. The van der Waals surface area contributed by atoms with Crippen LogP contribution in [-0.4, -0.2) is 47.5 Å². The number of hydrogen-bond acceptors (Lipinski definition) is 5. The molecule has 7 nitrogen and oxygen atoms in total. The van der Waals surface area contributed by atoms with Gasteiger partial charge in [-0.1, -0.05) is 6.07 Å². The van der Waals surface area contributed by atoms with Crippen molar-refractivity contribution in [3.8, 4) is 0 Å². The van der Waals surface area contributed by atoms with Gasteiger partial charge in [0, 0.05) is 33.0 Å². The lowest BCUT2D eigenvalue weighted by molar-refractivity contribution is -0.187. The molecule has 2 aliphatic rings. The number of carbonyl (C=O) groups excluding carboxylic acids is 1. The molecule has 0 unspecified atom stereocenters. The summed E-state index contributed by atoms with van der Waals surface area (Å²) in [5.74, 6) is -0.785. The van der Waals surface area contributed by atoms with Crippen LogP contribution < -0.4 is 5.76 Å². The lowest BCUT2D eigenvalue weighted by atomic mass is 10.0. The number of fused-ring (bicyclic) bond motifs is 1. The van der Waals surface area contributed by atoms with Crippen molar-refractivity contribution < 1.29 is 18.7 Å². The number of benzene rings is 1. The van der Waals surface area contributed by atoms with Gasteiger partial charge in [-0.2, -0.15) is 0 Å². The summed E-state index contributed by atoms with van der Waals surface area (Å²) in [5.41, 5.74) is 2.11. The van der Waals surface area contributed by atoms with E-state index in [1.54, 1.807) is 13.1 Å². The van der Waals surface area contributed by atoms with Gasteiger partial charge in [-0.05, 0) is 17.7 Å². The van der Waals surface area contributed by atoms with Crippen molar-refractivity contribution in [1.82, 2.24) is 9.47 Å². The van der Waals surface area contributed by atoms with Crippen LogP contribution in [0.1, 0.15) is 18.4 Å². The first-order valence-electron chi connectivity index (χ1n) is 8.20. The van der Waals surface area contributed by atoms with Gasteiger partial charge < -0.3 is 18.8 Å². The molecule has 0 saturated carbocycles. The van der Waals surface area contributed by atoms with Gasteiger partial charge in [0.1, 0.15) is 0 Å². The molecule has 2 fully saturated rings. The Morgan fingerprint density at radius 3 is 2.62 bits per heavy atom. The Balaban J connectivity index is 1.44. The highest BCUT2D eigenvalue weighted by Crippen LogP contribution is 2.31. The van der Waals surface area contributed by atoms with Crippen LogP contribution in [0, 0.1) is 0 Å². The number of hydrogen-bond donors (Lipinski definition) is 0. The van der Waals surface area contributed by atoms with Gasteiger partial charge in [0.15, 0.2) is 11.4 Å². The molecule has 1 aromatic heterocycles. The zero-order valence-corrected chi connectivity index (χ0v) is 13.6. The van der Waals surface area contributed by atoms with Crippen molar-refractivity contribution in [2.75, 3.05) is 26.3 Å². The van der Waals surface area contributed by atoms with Crippen molar-refractivity contribution >= 4 is 17.0 Å². The maximum absolute atomic E-state index is 12.5. The van der Waals surface area contributed by atoms with E-state index >= 15 is 0 Å². The second kappa shape index (κ2) is 5.75. The van der Waals surface area contributed by atoms with Gasteiger partial charge >= 0.3 is 5.76 Å². The first kappa shape index (κ1) is 15.4. The predicted molar refractivity (Wildman–Crippen MR) is 85.6 cm³/mol. The number of likely N-dealkylation sites (tertiary alicyclic amines) is 1. The number of oxazole rings is 1. The highest BCUT2D eigenvalue weighted by atomic mass is 16.7. The van der Waals surface area contributed by atoms with Crippen LogP contribution in [0.4, 0.5) is 0 Å². The van der Waals surface area contributed by atoms with Gasteiger partial charge in [-0.25, -0.2) is 4.79 Å². The molecule has 2 saturated heterocycles. The van der Waals surface area contributed by atoms with Gasteiger partial charge in [0.2, 0.25) is 5.91 Å². The van der Waals surface area contributed by atoms with Crippen LogP contribution in [0.25, 0.3) is 11.1 Å². The molecular formula is C17H20N2O5. The molecule has 2 aromatic rings. The van der Waals surface area contributed by atoms with Crippen molar-refractivity contribution in [2.24, 2.45) is 7.05 Å². The smallest absolute Gasteiger partial charge is 0.408 e. The Bertz CT molecular complexity index is 821. The summed E-state index contributed by atoms with van der Waals surface area (Å²) in [6.07, 6.45) is 1.74. The number of rotatable bonds is 2. The molecule has 4 rings (SSSR count). The monoisotopic (exact) mass is 332 g/mol. The summed E-state index contributed by atoms with van der Waals surface area (Å²) in [7, 11) is 1.66. The first-order valence-corrected chi connectivity index (χ1v) is 8.20. The van der Waals surface area contributed by atoms with Crippen LogP contribution >= 0.6 is 0 Å². The van der Waals surface area contributed by atoms with E-state index in [9.17, 15) is 9.59 Å². The van der Waals surface area contributed by atoms with Crippen LogP contribution in [0.15, 0.2) is 27.4 Å². The number of aromatic nitrogens is 1. The van der Waals surface area contributed by atoms with Crippen molar-refractivity contribution in [2.45, 2.75) is 25.0 Å². The van der Waals surface area contributed by atoms with E-state index in [0.717, 1.165) is 5.56 Å². The largest absolute Gasteiger partial charge is 0.419 e. The van der Waals surface area contributed by atoms with Crippen molar-refractivity contribution in [3.63, 3.8) is 0 Å². The Labute approximate surface area is 138 Å². The molecule has 1 amide bonds. The summed E-state index contributed by atoms with van der Waals surface area (Å²) in [6, 6.07) is 5.41. The van der Waals surface area contributed by atoms with E-state index in [2.05, 4.69) is 0 Å². The van der Waals surface area contributed by atoms with Gasteiger partial charge in [0.05, 0.1) is 25.2 Å². The van der Waals surface area contributed by atoms with Crippen molar-refractivity contribution in [3.05, 3.63) is 34.3 Å². The molecule has 2 aliphatic heterocycles. The zero-order valence-electron chi connectivity index (χ0n) is 13.6. The maximum Gasteiger partial charge on any atom is 0.419 e. The summed E-state index contributed by atoms with van der Waals surface area (Å²) < 4.78 is 17.9. The minimum Gasteiger partial charge on any atom is -0.408 e. The van der Waals surface area contributed by atoms with E-state index in [1.807, 2.05) is 17.0 Å². The third kappa shape index (κ3) is 2.63. The highest BCUT2D eigenvalue weighted by Gasteiger charge is 2.40. The van der Waals surface area contributed by atoms with Gasteiger partial charge in [-0.3, -0.25) is 9.36 Å². The number of ether oxygens (including phenoxy) is 2. The molecule has 0 atom stereocenters. The number of piperidine rings is 1. The average molecular weight is 332 g/mol. The van der Waals surface area contributed by atoms with E-state index in [0.29, 0.717) is 56.7 Å². The fourth-order valence-corrected chi connectivity index (χ4v) is 3.45. The molecule has 7 heteroatoms. The Morgan fingerprint density at radius 2 is 1.92 bits per heavy atom. The van der Waals surface area contributed by atoms with E-state index in [1.165, 1.54) is 4.57 Å². The quantitative estimate of drug-likeness (QED) is 0.821. The summed E-state index contributed by atoms with van der Waals surface area (Å²) in [5, 5.41) is 0. The molecule has 3 heterocycles. The van der Waals surface area contributed by atoms with Gasteiger partial charge in [-0.15, -0.1) is 0 Å². The average Bonchev–Trinajstić information content (AvgIpc) is 3.14. The normalized spacial score (nSPS) is 20.1. The number of aryl methyl sites for hydroxylation is 1. The highest BCUT2D eigenvalue weighted by molar-refractivity contribution is 5.81. The second-order valence-corrected chi connectivity index (χ2v) is 6.39. The summed E-state index contributed by atoms with van der Waals surface area (Å²) >= 11 is 0. The molecule has 1 aromatic carbocycles. The third-order valence-corrected chi connectivity index (χ3v) is 4.90. The lowest BCUT2D eigenvalue weighted by Gasteiger charge is -2.37. The van der Waals surface area contributed by atoms with Crippen LogP contribution in [0.5, 0.6) is 0 Å². The van der Waals surface area contributed by atoms with E-state index in [4.69, 9.17) is 13.9 Å². The SMILES string of the molecule is Cn1c(=O)oc2ccc(CC(=O)N3CCC4(CC3)OCCO4)cc21. The zero-order chi connectivity index (χ0) is 16.7. The third-order valence-electron chi connectivity index (χ3n) is 4.90. The number of carbonyl (C=O) groups is 1. The summed E-state index contributed by atoms with van der Waals surface area (Å²) in [6.45, 7) is 2.56. The minimum atomic E-state index is -0.467. The molecule has 0 radical (unpaired) electrons.